The van der Waals surface area contributed by atoms with Gasteiger partial charge in [-0.1, -0.05) is 0 Å². The van der Waals surface area contributed by atoms with E-state index in [2.05, 4.69) is 30.2 Å². The Labute approximate surface area is 172 Å². The number of aromatic nitrogens is 5. The predicted octanol–water partition coefficient (Wildman–Crippen LogP) is 4.17. The molecule has 8 nitrogen and oxygen atoms in total. The number of fused-ring (bicyclic) bond motifs is 3. The summed E-state index contributed by atoms with van der Waals surface area (Å²) in [6.07, 6.45) is 6.56. The molecule has 30 heavy (non-hydrogen) atoms. The molecular weight excluding hydrogens is 385 g/mol. The zero-order valence-electron chi connectivity index (χ0n) is 16.9. The highest BCUT2D eigenvalue weighted by Crippen LogP contribution is 2.37. The van der Waals surface area contributed by atoms with Crippen molar-refractivity contribution in [2.75, 3.05) is 30.4 Å². The number of nitrogens with zero attached hydrogens (tertiary/aromatic N) is 5. The number of hydrogen-bond acceptors (Lipinski definition) is 7. The van der Waals surface area contributed by atoms with Gasteiger partial charge in [0.1, 0.15) is 23.1 Å². The lowest BCUT2D eigenvalue weighted by molar-refractivity contribution is 0.438. The summed E-state index contributed by atoms with van der Waals surface area (Å²) in [6.45, 7) is 3.59. The lowest BCUT2D eigenvalue weighted by Crippen LogP contribution is -2.30. The van der Waals surface area contributed by atoms with Gasteiger partial charge in [-0.05, 0) is 38.3 Å². The number of anilines is 2. The van der Waals surface area contributed by atoms with E-state index in [1.807, 2.05) is 6.92 Å². The summed E-state index contributed by atoms with van der Waals surface area (Å²) in [4.78, 5) is 23.2. The molecule has 154 valence electrons. The average molecular weight is 407 g/mol. The van der Waals surface area contributed by atoms with Gasteiger partial charge in [-0.2, -0.15) is 9.97 Å². The molecule has 0 amide bonds. The Morgan fingerprint density at radius 2 is 1.87 bits per heavy atom. The van der Waals surface area contributed by atoms with Crippen molar-refractivity contribution in [1.29, 1.82) is 0 Å². The van der Waals surface area contributed by atoms with E-state index in [0.717, 1.165) is 48.0 Å². The number of aryl methyl sites for hydroxylation is 1. The minimum absolute atomic E-state index is 0.202. The van der Waals surface area contributed by atoms with Crippen LogP contribution < -0.4 is 15.0 Å². The van der Waals surface area contributed by atoms with Crippen molar-refractivity contribution in [3.05, 3.63) is 36.2 Å². The molecule has 2 N–H and O–H groups in total. The molecule has 0 radical (unpaired) electrons. The predicted molar refractivity (Wildman–Crippen MR) is 114 cm³/mol. The summed E-state index contributed by atoms with van der Waals surface area (Å²) in [5, 5.41) is 4.60. The summed E-state index contributed by atoms with van der Waals surface area (Å²) in [7, 11) is 1.77. The summed E-state index contributed by atoms with van der Waals surface area (Å²) < 4.78 is 20.2. The van der Waals surface area contributed by atoms with Crippen molar-refractivity contribution in [2.45, 2.75) is 26.2 Å². The van der Waals surface area contributed by atoms with Gasteiger partial charge in [0, 0.05) is 25.5 Å². The number of hydrogen-bond donors (Lipinski definition) is 2. The number of ether oxygens (including phenoxy) is 1. The second-order valence-electron chi connectivity index (χ2n) is 7.42. The van der Waals surface area contributed by atoms with Crippen LogP contribution in [0.5, 0.6) is 11.8 Å². The second kappa shape index (κ2) is 7.40. The van der Waals surface area contributed by atoms with Crippen LogP contribution in [0.3, 0.4) is 0 Å². The third kappa shape index (κ3) is 3.26. The Balaban J connectivity index is 1.71. The van der Waals surface area contributed by atoms with Crippen molar-refractivity contribution in [3.8, 4) is 11.8 Å². The first-order chi connectivity index (χ1) is 14.6. The van der Waals surface area contributed by atoms with Crippen molar-refractivity contribution >= 4 is 33.4 Å². The quantitative estimate of drug-likeness (QED) is 0.524. The molecule has 1 aliphatic heterocycles. The van der Waals surface area contributed by atoms with Crippen molar-refractivity contribution in [2.24, 2.45) is 0 Å². The van der Waals surface area contributed by atoms with Crippen LogP contribution in [0.2, 0.25) is 0 Å². The maximum absolute atomic E-state index is 14.3. The number of nitrogens with one attached hydrogen (secondary N) is 2. The number of aromatic amines is 1. The smallest absolute Gasteiger partial charge is 0.326 e. The first kappa shape index (κ1) is 18.5. The number of benzene rings is 1. The molecule has 0 aliphatic carbocycles. The fraction of sp³-hybridized carbons (Fsp3) is 0.333. The molecule has 5 rings (SSSR count). The van der Waals surface area contributed by atoms with Gasteiger partial charge in [-0.3, -0.25) is 0 Å². The van der Waals surface area contributed by atoms with Gasteiger partial charge in [0.25, 0.3) is 0 Å². The summed E-state index contributed by atoms with van der Waals surface area (Å²) in [5.41, 5.74) is 2.06. The van der Waals surface area contributed by atoms with E-state index < -0.39 is 0 Å². The van der Waals surface area contributed by atoms with Gasteiger partial charge < -0.3 is 19.9 Å². The molecule has 0 atom stereocenters. The molecule has 0 spiro atoms. The van der Waals surface area contributed by atoms with Gasteiger partial charge in [-0.25, -0.2) is 14.4 Å². The second-order valence-corrected chi connectivity index (χ2v) is 7.42. The van der Waals surface area contributed by atoms with E-state index in [-0.39, 0.29) is 11.8 Å². The first-order valence-electron chi connectivity index (χ1n) is 10.0. The number of halogens is 1. The lowest BCUT2D eigenvalue weighted by atomic mass is 10.1. The van der Waals surface area contributed by atoms with Crippen LogP contribution in [0.4, 0.5) is 15.9 Å². The molecule has 0 bridgehead atoms. The molecule has 1 aromatic carbocycles. The Hall–Kier alpha value is -3.49. The normalized spacial score (nSPS) is 14.4. The molecule has 1 saturated heterocycles. The van der Waals surface area contributed by atoms with Crippen molar-refractivity contribution in [3.63, 3.8) is 0 Å². The van der Waals surface area contributed by atoms with E-state index in [0.29, 0.717) is 22.9 Å². The number of H-pyrrole nitrogens is 1. The highest BCUT2D eigenvalue weighted by atomic mass is 19.1. The molecule has 9 heteroatoms. The van der Waals surface area contributed by atoms with Crippen LogP contribution in [0.15, 0.2) is 24.5 Å². The van der Waals surface area contributed by atoms with E-state index in [1.54, 1.807) is 19.4 Å². The zero-order valence-corrected chi connectivity index (χ0v) is 16.9. The molecular formula is C21H22FN7O. The van der Waals surface area contributed by atoms with E-state index in [1.165, 1.54) is 18.6 Å². The van der Waals surface area contributed by atoms with Crippen LogP contribution in [0.25, 0.3) is 21.9 Å². The minimum Gasteiger partial charge on any atom is -0.421 e. The van der Waals surface area contributed by atoms with Gasteiger partial charge >= 0.3 is 6.01 Å². The topological polar surface area (TPSA) is 91.8 Å². The molecule has 4 heterocycles. The lowest BCUT2D eigenvalue weighted by Gasteiger charge is -2.28. The standard InChI is InChI=1S/C21H22FN7O/c1-12-24-10-14(11-25-12)30-21-27-19-17(20(28-21)29-6-4-3-5-7-29)15-8-13(22)9-16(23-2)18(15)26-19/h8-11,23H,3-7H2,1-2H3,(H,26,27,28). The monoisotopic (exact) mass is 407 g/mol. The zero-order chi connectivity index (χ0) is 20.7. The van der Waals surface area contributed by atoms with E-state index in [9.17, 15) is 4.39 Å². The Morgan fingerprint density at radius 3 is 2.60 bits per heavy atom. The Kier molecular flexibility index (Phi) is 4.57. The van der Waals surface area contributed by atoms with Crippen molar-refractivity contribution < 1.29 is 9.13 Å². The Morgan fingerprint density at radius 1 is 1.10 bits per heavy atom. The van der Waals surface area contributed by atoms with Gasteiger partial charge in [0.05, 0.1) is 29.0 Å². The fourth-order valence-electron chi connectivity index (χ4n) is 3.94. The molecule has 0 saturated carbocycles. The molecule has 0 unspecified atom stereocenters. The third-order valence-corrected chi connectivity index (χ3v) is 5.38. The average Bonchev–Trinajstić information content (AvgIpc) is 3.13. The summed E-state index contributed by atoms with van der Waals surface area (Å²) >= 11 is 0. The highest BCUT2D eigenvalue weighted by molar-refractivity contribution is 6.14. The summed E-state index contributed by atoms with van der Waals surface area (Å²) in [6, 6.07) is 3.20. The SMILES string of the molecule is CNc1cc(F)cc2c1[nH]c1nc(Oc3cnc(C)nc3)nc(N3CCCCC3)c12. The largest absolute Gasteiger partial charge is 0.421 e. The van der Waals surface area contributed by atoms with Crippen molar-refractivity contribution in [1.82, 2.24) is 24.9 Å². The molecule has 4 aromatic rings. The van der Waals surface area contributed by atoms with Crippen LogP contribution in [0, 0.1) is 12.7 Å². The molecule has 3 aromatic heterocycles. The van der Waals surface area contributed by atoms with Gasteiger partial charge in [0.15, 0.2) is 5.75 Å². The minimum atomic E-state index is -0.311. The maximum atomic E-state index is 14.3. The van der Waals surface area contributed by atoms with Gasteiger partial charge in [-0.15, -0.1) is 0 Å². The summed E-state index contributed by atoms with van der Waals surface area (Å²) in [5.74, 6) is 1.56. The van der Waals surface area contributed by atoms with Crippen LogP contribution >= 0.6 is 0 Å². The highest BCUT2D eigenvalue weighted by Gasteiger charge is 2.22. The fourth-order valence-corrected chi connectivity index (χ4v) is 3.94. The van der Waals surface area contributed by atoms with E-state index in [4.69, 9.17) is 9.72 Å². The Bertz CT molecular complexity index is 1220. The third-order valence-electron chi connectivity index (χ3n) is 5.38. The molecule has 1 aliphatic rings. The maximum Gasteiger partial charge on any atom is 0.326 e. The first-order valence-corrected chi connectivity index (χ1v) is 10.0. The number of piperidine rings is 1. The number of rotatable bonds is 4. The van der Waals surface area contributed by atoms with Gasteiger partial charge in [0.2, 0.25) is 0 Å². The van der Waals surface area contributed by atoms with Crippen LogP contribution in [0.1, 0.15) is 25.1 Å². The van der Waals surface area contributed by atoms with Crippen LogP contribution in [-0.2, 0) is 0 Å². The van der Waals surface area contributed by atoms with Crippen LogP contribution in [-0.4, -0.2) is 45.1 Å². The molecule has 1 fully saturated rings. The van der Waals surface area contributed by atoms with E-state index >= 15 is 0 Å².